The Bertz CT molecular complexity index is 1120. The standard InChI is InChI=1S/C24H21F2N3O3/c25-20-15-18(5-6-22(20)29-10-12-31-13-11-29)28-24(30)8-4-17-3-7-23(21(26)14-17)32-19-2-1-9-27-16-19/h1-9,14-16H,10-13H2,(H,28,30)/b8-4+. The Kier molecular flexibility index (Phi) is 6.72. The molecule has 2 aromatic carbocycles. The van der Waals surface area contributed by atoms with Gasteiger partial charge in [-0.05, 0) is 54.1 Å². The maximum absolute atomic E-state index is 14.5. The molecule has 0 aliphatic carbocycles. The van der Waals surface area contributed by atoms with E-state index in [1.807, 2.05) is 4.90 Å². The van der Waals surface area contributed by atoms with Crippen LogP contribution in [0.4, 0.5) is 20.2 Å². The molecule has 32 heavy (non-hydrogen) atoms. The predicted octanol–water partition coefficient (Wildman–Crippen LogP) is 4.64. The van der Waals surface area contributed by atoms with E-state index in [2.05, 4.69) is 10.3 Å². The van der Waals surface area contributed by atoms with Gasteiger partial charge in [0.15, 0.2) is 11.6 Å². The fraction of sp³-hybridized carbons (Fsp3) is 0.167. The van der Waals surface area contributed by atoms with Gasteiger partial charge >= 0.3 is 0 Å². The van der Waals surface area contributed by atoms with Crippen LogP contribution in [-0.2, 0) is 9.53 Å². The molecule has 164 valence electrons. The van der Waals surface area contributed by atoms with Crippen LogP contribution in [0.25, 0.3) is 6.08 Å². The minimum absolute atomic E-state index is 0.0513. The van der Waals surface area contributed by atoms with Crippen LogP contribution >= 0.6 is 0 Å². The number of nitrogens with one attached hydrogen (secondary N) is 1. The third kappa shape index (κ3) is 5.47. The zero-order valence-electron chi connectivity index (χ0n) is 17.1. The molecule has 2 heterocycles. The molecule has 1 aliphatic heterocycles. The Balaban J connectivity index is 1.37. The summed E-state index contributed by atoms with van der Waals surface area (Å²) < 4.78 is 39.5. The van der Waals surface area contributed by atoms with Gasteiger partial charge in [0.05, 0.1) is 25.1 Å². The first kappa shape index (κ1) is 21.5. The third-order valence-corrected chi connectivity index (χ3v) is 4.81. The van der Waals surface area contributed by atoms with E-state index in [-0.39, 0.29) is 5.75 Å². The Morgan fingerprint density at radius 3 is 2.66 bits per heavy atom. The minimum atomic E-state index is -0.572. The molecule has 4 rings (SSSR count). The van der Waals surface area contributed by atoms with E-state index in [1.54, 1.807) is 36.5 Å². The monoisotopic (exact) mass is 437 g/mol. The zero-order chi connectivity index (χ0) is 22.3. The van der Waals surface area contributed by atoms with Gasteiger partial charge in [-0.15, -0.1) is 0 Å². The molecular weight excluding hydrogens is 416 g/mol. The van der Waals surface area contributed by atoms with Crippen LogP contribution in [0.1, 0.15) is 5.56 Å². The molecule has 1 fully saturated rings. The summed E-state index contributed by atoms with van der Waals surface area (Å²) in [6, 6.07) is 12.3. The van der Waals surface area contributed by atoms with Crippen molar-refractivity contribution in [2.45, 2.75) is 0 Å². The number of carbonyl (C=O) groups excluding carboxylic acids is 1. The fourth-order valence-corrected chi connectivity index (χ4v) is 3.24. The number of amides is 1. The molecule has 0 bridgehead atoms. The van der Waals surface area contributed by atoms with Crippen molar-refractivity contribution in [2.75, 3.05) is 36.5 Å². The van der Waals surface area contributed by atoms with E-state index >= 15 is 0 Å². The number of pyridine rings is 1. The number of aromatic nitrogens is 1. The van der Waals surface area contributed by atoms with Crippen molar-refractivity contribution >= 4 is 23.4 Å². The highest BCUT2D eigenvalue weighted by Gasteiger charge is 2.15. The summed E-state index contributed by atoms with van der Waals surface area (Å²) in [5, 5.41) is 2.61. The molecule has 0 atom stereocenters. The lowest BCUT2D eigenvalue weighted by Crippen LogP contribution is -2.36. The molecule has 1 N–H and O–H groups in total. The molecule has 0 spiro atoms. The number of hydrogen-bond donors (Lipinski definition) is 1. The van der Waals surface area contributed by atoms with Crippen molar-refractivity contribution < 1.29 is 23.0 Å². The van der Waals surface area contributed by atoms with Crippen molar-refractivity contribution in [2.24, 2.45) is 0 Å². The predicted molar refractivity (Wildman–Crippen MR) is 118 cm³/mol. The maximum atomic E-state index is 14.5. The highest BCUT2D eigenvalue weighted by atomic mass is 19.1. The first-order chi connectivity index (χ1) is 15.6. The maximum Gasteiger partial charge on any atom is 0.248 e. The summed E-state index contributed by atoms with van der Waals surface area (Å²) in [4.78, 5) is 18.0. The van der Waals surface area contributed by atoms with Crippen LogP contribution in [0.3, 0.4) is 0 Å². The van der Waals surface area contributed by atoms with Gasteiger partial charge < -0.3 is 19.7 Å². The quantitative estimate of drug-likeness (QED) is 0.570. The number of anilines is 2. The Labute approximate surface area is 184 Å². The van der Waals surface area contributed by atoms with Crippen LogP contribution in [0, 0.1) is 11.6 Å². The number of carbonyl (C=O) groups is 1. The zero-order valence-corrected chi connectivity index (χ0v) is 17.1. The molecule has 1 saturated heterocycles. The minimum Gasteiger partial charge on any atom is -0.453 e. The smallest absolute Gasteiger partial charge is 0.248 e. The average molecular weight is 437 g/mol. The van der Waals surface area contributed by atoms with E-state index in [0.717, 1.165) is 0 Å². The molecule has 1 aromatic heterocycles. The molecule has 1 amide bonds. The van der Waals surface area contributed by atoms with Gasteiger partial charge in [0, 0.05) is 31.0 Å². The van der Waals surface area contributed by atoms with Crippen molar-refractivity contribution in [3.05, 3.63) is 84.2 Å². The van der Waals surface area contributed by atoms with Gasteiger partial charge in [-0.2, -0.15) is 0 Å². The van der Waals surface area contributed by atoms with Gasteiger partial charge in [-0.25, -0.2) is 8.78 Å². The Morgan fingerprint density at radius 2 is 1.94 bits per heavy atom. The van der Waals surface area contributed by atoms with Gasteiger partial charge in [0.1, 0.15) is 11.6 Å². The molecule has 6 nitrogen and oxygen atoms in total. The lowest BCUT2D eigenvalue weighted by Gasteiger charge is -2.29. The van der Waals surface area contributed by atoms with Crippen LogP contribution in [0.5, 0.6) is 11.5 Å². The summed E-state index contributed by atoms with van der Waals surface area (Å²) in [5.74, 6) is -0.979. The van der Waals surface area contributed by atoms with E-state index in [1.165, 1.54) is 36.5 Å². The molecule has 0 saturated carbocycles. The molecular formula is C24H21F2N3O3. The van der Waals surface area contributed by atoms with E-state index in [9.17, 15) is 13.6 Å². The SMILES string of the molecule is O=C(/C=C/c1ccc(Oc2cccnc2)c(F)c1)Nc1ccc(N2CCOCC2)c(F)c1. The molecule has 0 unspecified atom stereocenters. The van der Waals surface area contributed by atoms with Gasteiger partial charge in [-0.1, -0.05) is 6.07 Å². The van der Waals surface area contributed by atoms with E-state index in [0.29, 0.717) is 49.0 Å². The number of benzene rings is 2. The second-order valence-electron chi connectivity index (χ2n) is 7.07. The highest BCUT2D eigenvalue weighted by molar-refractivity contribution is 6.02. The normalized spacial score (nSPS) is 13.9. The molecule has 1 aliphatic rings. The van der Waals surface area contributed by atoms with Crippen molar-refractivity contribution in [1.82, 2.24) is 4.98 Å². The average Bonchev–Trinajstić information content (AvgIpc) is 2.81. The van der Waals surface area contributed by atoms with E-state index < -0.39 is 17.5 Å². The van der Waals surface area contributed by atoms with Crippen LogP contribution in [0.15, 0.2) is 67.0 Å². The largest absolute Gasteiger partial charge is 0.453 e. The summed E-state index contributed by atoms with van der Waals surface area (Å²) in [6.07, 6.45) is 5.79. The Hall–Kier alpha value is -3.78. The van der Waals surface area contributed by atoms with Crippen LogP contribution in [-0.4, -0.2) is 37.2 Å². The van der Waals surface area contributed by atoms with Crippen molar-refractivity contribution in [3.63, 3.8) is 0 Å². The summed E-state index contributed by atoms with van der Waals surface area (Å²) in [5.41, 5.74) is 1.29. The third-order valence-electron chi connectivity index (χ3n) is 4.81. The second-order valence-corrected chi connectivity index (χ2v) is 7.07. The topological polar surface area (TPSA) is 63.7 Å². The molecule has 0 radical (unpaired) electrons. The number of morpholine rings is 1. The number of rotatable bonds is 6. The first-order valence-corrected chi connectivity index (χ1v) is 10.1. The number of ether oxygens (including phenoxy) is 2. The molecule has 3 aromatic rings. The Morgan fingerprint density at radius 1 is 1.09 bits per heavy atom. The number of hydrogen-bond acceptors (Lipinski definition) is 5. The van der Waals surface area contributed by atoms with Crippen molar-refractivity contribution in [1.29, 1.82) is 0 Å². The first-order valence-electron chi connectivity index (χ1n) is 10.1. The second kappa shape index (κ2) is 10.0. The summed E-state index contributed by atoms with van der Waals surface area (Å²) in [6.45, 7) is 2.35. The highest BCUT2D eigenvalue weighted by Crippen LogP contribution is 2.25. The van der Waals surface area contributed by atoms with Gasteiger partial charge in [-0.3, -0.25) is 9.78 Å². The summed E-state index contributed by atoms with van der Waals surface area (Å²) in [7, 11) is 0. The summed E-state index contributed by atoms with van der Waals surface area (Å²) >= 11 is 0. The van der Waals surface area contributed by atoms with Gasteiger partial charge in [0.2, 0.25) is 5.91 Å². The number of nitrogens with zero attached hydrogens (tertiary/aromatic N) is 2. The lowest BCUT2D eigenvalue weighted by atomic mass is 10.2. The van der Waals surface area contributed by atoms with Crippen molar-refractivity contribution in [3.8, 4) is 11.5 Å². The molecule has 8 heteroatoms. The number of halogens is 2. The van der Waals surface area contributed by atoms with Gasteiger partial charge in [0.25, 0.3) is 0 Å². The van der Waals surface area contributed by atoms with Crippen LogP contribution in [0.2, 0.25) is 0 Å². The fourth-order valence-electron chi connectivity index (χ4n) is 3.24. The lowest BCUT2D eigenvalue weighted by molar-refractivity contribution is -0.111. The van der Waals surface area contributed by atoms with E-state index in [4.69, 9.17) is 9.47 Å². The van der Waals surface area contributed by atoms with Crippen LogP contribution < -0.4 is 15.0 Å².